The van der Waals surface area contributed by atoms with E-state index in [1.165, 1.54) is 36.4 Å². The molecule has 0 atom stereocenters. The summed E-state index contributed by atoms with van der Waals surface area (Å²) < 4.78 is 76.8. The summed E-state index contributed by atoms with van der Waals surface area (Å²) in [6, 6.07) is 8.60. The first kappa shape index (κ1) is 24.6. The number of rotatable bonds is 6. The van der Waals surface area contributed by atoms with E-state index in [2.05, 4.69) is 0 Å². The van der Waals surface area contributed by atoms with Crippen LogP contribution < -0.4 is 11.5 Å². The van der Waals surface area contributed by atoms with E-state index in [1.54, 1.807) is 0 Å². The number of hydrogen-bond acceptors (Lipinski definition) is 2. The molecule has 3 aliphatic rings. The molecule has 0 aliphatic heterocycles. The molecule has 10 heteroatoms. The van der Waals surface area contributed by atoms with Crippen molar-refractivity contribution in [2.75, 3.05) is 0 Å². The third kappa shape index (κ3) is 4.44. The number of halogens is 6. The second-order valence-corrected chi connectivity index (χ2v) is 9.18. The average Bonchev–Trinajstić information content (AvgIpc) is 2.69. The first-order valence-corrected chi connectivity index (χ1v) is 10.5. The third-order valence-electron chi connectivity index (χ3n) is 6.80. The molecule has 0 aromatic heterocycles. The number of nitrogens with two attached hydrogens (primary N) is 2. The highest BCUT2D eigenvalue weighted by molar-refractivity contribution is 6.02. The number of benzene rings is 2. The minimum Gasteiger partial charge on any atom is -0.366 e. The lowest BCUT2D eigenvalue weighted by Gasteiger charge is -2.71. The van der Waals surface area contributed by atoms with Crippen LogP contribution in [-0.2, 0) is 21.9 Å². The lowest BCUT2D eigenvalue weighted by molar-refractivity contribution is -0.158. The van der Waals surface area contributed by atoms with Crippen LogP contribution in [0, 0.1) is 10.8 Å². The van der Waals surface area contributed by atoms with Crippen molar-refractivity contribution in [1.82, 2.24) is 0 Å². The molecule has 2 aromatic rings. The van der Waals surface area contributed by atoms with E-state index >= 15 is 0 Å². The Morgan fingerprint density at radius 3 is 1.14 bits per heavy atom. The van der Waals surface area contributed by atoms with Gasteiger partial charge in [0.25, 0.3) is 0 Å². The molecule has 0 unspecified atom stereocenters. The van der Waals surface area contributed by atoms with Crippen molar-refractivity contribution < 1.29 is 35.9 Å². The Hall–Kier alpha value is -3.56. The number of carbonyl (C=O) groups excluding carboxylic acids is 2. The lowest BCUT2D eigenvalue weighted by atomic mass is 9.31. The van der Waals surface area contributed by atoms with Gasteiger partial charge >= 0.3 is 12.4 Å². The Morgan fingerprint density at radius 2 is 0.914 bits per heavy atom. The molecule has 3 fully saturated rings. The van der Waals surface area contributed by atoms with E-state index < -0.39 is 46.1 Å². The molecule has 4 N–H and O–H groups in total. The summed E-state index contributed by atoms with van der Waals surface area (Å²) in [4.78, 5) is 24.4. The highest BCUT2D eigenvalue weighted by Crippen LogP contribution is 2.79. The van der Waals surface area contributed by atoms with E-state index in [4.69, 9.17) is 11.5 Å². The monoisotopic (exact) mass is 494 g/mol. The van der Waals surface area contributed by atoms with Gasteiger partial charge in [0.2, 0.25) is 11.8 Å². The summed E-state index contributed by atoms with van der Waals surface area (Å²) in [5.74, 6) is -1.43. The van der Waals surface area contributed by atoms with Crippen molar-refractivity contribution in [3.05, 3.63) is 81.9 Å². The number of carbonyl (C=O) groups is 2. The fourth-order valence-electron chi connectivity index (χ4n) is 5.20. The fourth-order valence-corrected chi connectivity index (χ4v) is 5.20. The van der Waals surface area contributed by atoms with Crippen LogP contribution in [0.3, 0.4) is 0 Å². The van der Waals surface area contributed by atoms with Gasteiger partial charge < -0.3 is 11.5 Å². The van der Waals surface area contributed by atoms with Gasteiger partial charge in [-0.1, -0.05) is 24.3 Å². The van der Waals surface area contributed by atoms with E-state index in [0.29, 0.717) is 30.4 Å². The maximum Gasteiger partial charge on any atom is 0.416 e. The van der Waals surface area contributed by atoms with Crippen LogP contribution in [-0.4, -0.2) is 11.8 Å². The zero-order valence-corrected chi connectivity index (χ0v) is 18.1. The molecule has 184 valence electrons. The summed E-state index contributed by atoms with van der Waals surface area (Å²) >= 11 is 0. The van der Waals surface area contributed by atoms with Crippen LogP contribution in [0.5, 0.6) is 0 Å². The summed E-state index contributed by atoms with van der Waals surface area (Å²) in [7, 11) is 0. The van der Waals surface area contributed by atoms with Gasteiger partial charge in [-0.2, -0.15) is 26.3 Å². The SMILES string of the molecule is NC(=O)/C(=C/c1ccc(C(F)(F)F)cc1)C12CC(/C(=C\c3ccc(C(F)(F)F)cc3)C(N)=O)(C1)C2. The molecule has 2 amide bonds. The molecular formula is C25H20F6N2O2. The van der Waals surface area contributed by atoms with Crippen molar-refractivity contribution in [2.24, 2.45) is 22.3 Å². The Balaban J connectivity index is 1.56. The summed E-state index contributed by atoms with van der Waals surface area (Å²) in [6.45, 7) is 0. The van der Waals surface area contributed by atoms with Crippen molar-refractivity contribution in [1.29, 1.82) is 0 Å². The van der Waals surface area contributed by atoms with Gasteiger partial charge in [-0.05, 0) is 66.8 Å². The molecule has 3 saturated carbocycles. The highest BCUT2D eigenvalue weighted by atomic mass is 19.4. The normalized spacial score (nSPS) is 24.4. The Morgan fingerprint density at radius 1 is 0.629 bits per heavy atom. The predicted molar refractivity (Wildman–Crippen MR) is 116 cm³/mol. The van der Waals surface area contributed by atoms with Crippen LogP contribution in [0.4, 0.5) is 26.3 Å². The number of amides is 2. The van der Waals surface area contributed by atoms with Gasteiger partial charge in [0, 0.05) is 22.0 Å². The smallest absolute Gasteiger partial charge is 0.366 e. The van der Waals surface area contributed by atoms with E-state index in [1.807, 2.05) is 0 Å². The van der Waals surface area contributed by atoms with E-state index in [0.717, 1.165) is 24.3 Å². The molecule has 0 spiro atoms. The average molecular weight is 494 g/mol. The van der Waals surface area contributed by atoms with Crippen LogP contribution in [0.25, 0.3) is 12.2 Å². The summed E-state index contributed by atoms with van der Waals surface area (Å²) in [5.41, 5.74) is 9.48. The highest BCUT2D eigenvalue weighted by Gasteiger charge is 2.71. The summed E-state index contributed by atoms with van der Waals surface area (Å²) in [6.07, 6.45) is -4.97. The quantitative estimate of drug-likeness (QED) is 0.420. The second kappa shape index (κ2) is 8.00. The molecule has 4 nitrogen and oxygen atoms in total. The number of hydrogen-bond donors (Lipinski definition) is 2. The van der Waals surface area contributed by atoms with Gasteiger partial charge in [-0.25, -0.2) is 0 Å². The van der Waals surface area contributed by atoms with Crippen molar-refractivity contribution in [3.8, 4) is 0 Å². The maximum atomic E-state index is 12.8. The van der Waals surface area contributed by atoms with Crippen LogP contribution >= 0.6 is 0 Å². The predicted octanol–water partition coefficient (Wildman–Crippen LogP) is 5.33. The molecule has 35 heavy (non-hydrogen) atoms. The first-order chi connectivity index (χ1) is 16.2. The molecule has 5 rings (SSSR count). The minimum absolute atomic E-state index is 0.248. The maximum absolute atomic E-state index is 12.8. The standard InChI is InChI=1S/C25H20F6N2O2/c26-24(27,28)16-5-1-14(2-6-16)9-18(20(32)34)22-11-23(12-22,13-22)19(21(33)35)10-15-3-7-17(8-4-15)25(29,30)31/h1-10H,11-13H2,(H2,32,34)(H2,33,35)/b18-9-,19-10-. The molecule has 2 aromatic carbocycles. The second-order valence-electron chi connectivity index (χ2n) is 9.18. The van der Waals surface area contributed by atoms with E-state index in [9.17, 15) is 35.9 Å². The molecule has 2 bridgehead atoms. The molecule has 0 saturated heterocycles. The van der Waals surface area contributed by atoms with Gasteiger partial charge in [0.15, 0.2) is 0 Å². The van der Waals surface area contributed by atoms with Gasteiger partial charge in [-0.3, -0.25) is 9.59 Å². The lowest BCUT2D eigenvalue weighted by Crippen LogP contribution is -2.65. The topological polar surface area (TPSA) is 86.2 Å². The Bertz CT molecular complexity index is 1120. The Labute approximate surface area is 196 Å². The van der Waals surface area contributed by atoms with Crippen LogP contribution in [0.1, 0.15) is 41.5 Å². The third-order valence-corrected chi connectivity index (χ3v) is 6.80. The van der Waals surface area contributed by atoms with Crippen molar-refractivity contribution in [3.63, 3.8) is 0 Å². The summed E-state index contributed by atoms with van der Waals surface area (Å²) in [5, 5.41) is 0. The molecule has 0 heterocycles. The van der Waals surface area contributed by atoms with Gasteiger partial charge in [-0.15, -0.1) is 0 Å². The van der Waals surface area contributed by atoms with Gasteiger partial charge in [0.05, 0.1) is 11.1 Å². The van der Waals surface area contributed by atoms with Crippen molar-refractivity contribution in [2.45, 2.75) is 31.6 Å². The Kier molecular flexibility index (Phi) is 5.61. The van der Waals surface area contributed by atoms with Crippen LogP contribution in [0.2, 0.25) is 0 Å². The molecule has 3 aliphatic carbocycles. The number of primary amides is 2. The minimum atomic E-state index is -4.49. The van der Waals surface area contributed by atoms with Crippen LogP contribution in [0.15, 0.2) is 59.7 Å². The van der Waals surface area contributed by atoms with E-state index in [-0.39, 0.29) is 11.1 Å². The number of alkyl halides is 6. The molecule has 0 radical (unpaired) electrons. The first-order valence-electron chi connectivity index (χ1n) is 10.5. The molecular weight excluding hydrogens is 474 g/mol. The van der Waals surface area contributed by atoms with Crippen molar-refractivity contribution >= 4 is 24.0 Å². The fraction of sp³-hybridized carbons (Fsp3) is 0.280. The van der Waals surface area contributed by atoms with Gasteiger partial charge in [0.1, 0.15) is 0 Å². The zero-order chi connectivity index (χ0) is 25.8. The zero-order valence-electron chi connectivity index (χ0n) is 18.1. The largest absolute Gasteiger partial charge is 0.416 e.